The van der Waals surface area contributed by atoms with Crippen molar-refractivity contribution >= 4 is 11.8 Å². The largest absolute Gasteiger partial charge is 0.487 e. The zero-order chi connectivity index (χ0) is 15.6. The van der Waals surface area contributed by atoms with Crippen molar-refractivity contribution in [2.45, 2.75) is 50.1 Å². The van der Waals surface area contributed by atoms with E-state index in [-0.39, 0.29) is 35.4 Å². The second kappa shape index (κ2) is 6.55. The molecule has 0 bridgehead atoms. The first-order valence-electron chi connectivity index (χ1n) is 7.24. The molecule has 0 aromatic heterocycles. The van der Waals surface area contributed by atoms with E-state index in [0.717, 1.165) is 12.0 Å². The van der Waals surface area contributed by atoms with Crippen LogP contribution in [0.2, 0.25) is 0 Å². The summed E-state index contributed by atoms with van der Waals surface area (Å²) in [5.41, 5.74) is 0.645. The lowest BCUT2D eigenvalue weighted by atomic mass is 9.89. The molecule has 1 heterocycles. The Kier molecular flexibility index (Phi) is 5.17. The van der Waals surface area contributed by atoms with Gasteiger partial charge in [-0.2, -0.15) is 11.8 Å². The zero-order valence-electron chi connectivity index (χ0n) is 13.0. The van der Waals surface area contributed by atoms with Crippen LogP contribution in [0, 0.1) is 5.82 Å². The van der Waals surface area contributed by atoms with Gasteiger partial charge in [0.05, 0.1) is 6.61 Å². The standard InChI is InChI=1S/C16H24FNO2S/c1-10(15(9-19)21-4)18-13-8-16(2,3)20-14-7-11(17)5-6-12(13)14/h5-7,10,13,15,18-19H,8-9H2,1-4H3. The molecule has 0 aliphatic carbocycles. The number of fused-ring (bicyclic) bond motifs is 1. The van der Waals surface area contributed by atoms with Crippen molar-refractivity contribution in [3.8, 4) is 5.75 Å². The highest BCUT2D eigenvalue weighted by Gasteiger charge is 2.35. The molecular weight excluding hydrogens is 289 g/mol. The molecule has 2 rings (SSSR count). The van der Waals surface area contributed by atoms with Crippen LogP contribution in [0.4, 0.5) is 4.39 Å². The molecule has 0 spiro atoms. The summed E-state index contributed by atoms with van der Waals surface area (Å²) < 4.78 is 19.3. The molecule has 3 nitrogen and oxygen atoms in total. The summed E-state index contributed by atoms with van der Waals surface area (Å²) in [5.74, 6) is 0.330. The maximum Gasteiger partial charge on any atom is 0.127 e. The van der Waals surface area contributed by atoms with E-state index in [9.17, 15) is 9.50 Å². The minimum atomic E-state index is -0.341. The lowest BCUT2D eigenvalue weighted by Crippen LogP contribution is -2.45. The number of aliphatic hydroxyl groups excluding tert-OH is 1. The molecule has 1 aliphatic rings. The molecule has 0 saturated carbocycles. The lowest BCUT2D eigenvalue weighted by Gasteiger charge is -2.39. The summed E-state index contributed by atoms with van der Waals surface area (Å²) in [6, 6.07) is 4.96. The van der Waals surface area contributed by atoms with Crippen LogP contribution < -0.4 is 10.1 Å². The molecule has 118 valence electrons. The Morgan fingerprint density at radius 2 is 2.24 bits per heavy atom. The third-order valence-electron chi connectivity index (χ3n) is 3.94. The van der Waals surface area contributed by atoms with Crippen molar-refractivity contribution in [2.75, 3.05) is 12.9 Å². The number of hydrogen-bond acceptors (Lipinski definition) is 4. The van der Waals surface area contributed by atoms with Crippen LogP contribution >= 0.6 is 11.8 Å². The molecule has 5 heteroatoms. The molecule has 0 radical (unpaired) electrons. The van der Waals surface area contributed by atoms with E-state index in [2.05, 4.69) is 12.2 Å². The van der Waals surface area contributed by atoms with Crippen molar-refractivity contribution in [1.82, 2.24) is 5.32 Å². The lowest BCUT2D eigenvalue weighted by molar-refractivity contribution is 0.0631. The summed E-state index contributed by atoms with van der Waals surface area (Å²) in [7, 11) is 0. The van der Waals surface area contributed by atoms with E-state index >= 15 is 0 Å². The molecule has 1 aromatic rings. The van der Waals surface area contributed by atoms with E-state index in [4.69, 9.17) is 4.74 Å². The summed E-state index contributed by atoms with van der Waals surface area (Å²) in [6.45, 7) is 6.23. The number of nitrogens with one attached hydrogen (secondary N) is 1. The number of hydrogen-bond donors (Lipinski definition) is 2. The summed E-state index contributed by atoms with van der Waals surface area (Å²) in [6.07, 6.45) is 2.80. The van der Waals surface area contributed by atoms with Gasteiger partial charge in [0.15, 0.2) is 0 Å². The third kappa shape index (κ3) is 3.90. The topological polar surface area (TPSA) is 41.5 Å². The first-order valence-corrected chi connectivity index (χ1v) is 8.53. The Hall–Kier alpha value is -0.780. The molecular formula is C16H24FNO2S. The normalized spacial score (nSPS) is 23.0. The molecule has 3 atom stereocenters. The van der Waals surface area contributed by atoms with Gasteiger partial charge in [0.1, 0.15) is 17.2 Å². The quantitative estimate of drug-likeness (QED) is 0.876. The van der Waals surface area contributed by atoms with Crippen molar-refractivity contribution in [3.05, 3.63) is 29.6 Å². The molecule has 0 amide bonds. The molecule has 1 aromatic carbocycles. The van der Waals surface area contributed by atoms with Gasteiger partial charge in [-0.25, -0.2) is 4.39 Å². The van der Waals surface area contributed by atoms with Gasteiger partial charge in [0.25, 0.3) is 0 Å². The molecule has 3 unspecified atom stereocenters. The van der Waals surface area contributed by atoms with Crippen molar-refractivity contribution in [1.29, 1.82) is 0 Å². The van der Waals surface area contributed by atoms with Crippen LogP contribution in [-0.2, 0) is 0 Å². The molecule has 0 fully saturated rings. The van der Waals surface area contributed by atoms with Crippen molar-refractivity contribution in [3.63, 3.8) is 0 Å². The molecule has 2 N–H and O–H groups in total. The van der Waals surface area contributed by atoms with E-state index in [0.29, 0.717) is 5.75 Å². The Labute approximate surface area is 130 Å². The Morgan fingerprint density at radius 1 is 1.52 bits per heavy atom. The van der Waals surface area contributed by atoms with E-state index < -0.39 is 0 Å². The minimum absolute atomic E-state index is 0.0977. The number of benzene rings is 1. The van der Waals surface area contributed by atoms with Crippen LogP contribution in [0.1, 0.15) is 38.8 Å². The monoisotopic (exact) mass is 313 g/mol. The van der Waals surface area contributed by atoms with Crippen LogP contribution in [0.25, 0.3) is 0 Å². The maximum absolute atomic E-state index is 13.4. The number of thioether (sulfide) groups is 1. The van der Waals surface area contributed by atoms with Gasteiger partial charge >= 0.3 is 0 Å². The minimum Gasteiger partial charge on any atom is -0.487 e. The number of aliphatic hydroxyl groups is 1. The van der Waals surface area contributed by atoms with E-state index in [1.165, 1.54) is 12.1 Å². The van der Waals surface area contributed by atoms with Crippen molar-refractivity contribution < 1.29 is 14.2 Å². The summed E-state index contributed by atoms with van der Waals surface area (Å²) in [5, 5.41) is 13.1. The highest BCUT2D eigenvalue weighted by Crippen LogP contribution is 2.40. The van der Waals surface area contributed by atoms with Gasteiger partial charge in [-0.1, -0.05) is 6.07 Å². The second-order valence-corrected chi connectivity index (χ2v) is 7.29. The van der Waals surface area contributed by atoms with Crippen LogP contribution in [-0.4, -0.2) is 34.9 Å². The van der Waals surface area contributed by atoms with E-state index in [1.54, 1.807) is 17.8 Å². The fourth-order valence-corrected chi connectivity index (χ4v) is 3.47. The van der Waals surface area contributed by atoms with Gasteiger partial charge in [-0.05, 0) is 33.1 Å². The first kappa shape index (κ1) is 16.6. The second-order valence-electron chi connectivity index (χ2n) is 6.21. The molecule has 1 aliphatic heterocycles. The van der Waals surface area contributed by atoms with Crippen molar-refractivity contribution in [2.24, 2.45) is 0 Å². The summed E-state index contributed by atoms with van der Waals surface area (Å²) >= 11 is 1.65. The van der Waals surface area contributed by atoms with Gasteiger partial charge in [-0.15, -0.1) is 0 Å². The Morgan fingerprint density at radius 3 is 2.86 bits per heavy atom. The van der Waals surface area contributed by atoms with Gasteiger partial charge in [-0.3, -0.25) is 0 Å². The van der Waals surface area contributed by atoms with Crippen LogP contribution in [0.5, 0.6) is 5.75 Å². The Balaban J connectivity index is 2.23. The van der Waals surface area contributed by atoms with E-state index in [1.807, 2.05) is 20.1 Å². The van der Waals surface area contributed by atoms with Gasteiger partial charge < -0.3 is 15.2 Å². The number of rotatable bonds is 5. The average Bonchev–Trinajstić information content (AvgIpc) is 2.38. The SMILES string of the molecule is CSC(CO)C(C)NC1CC(C)(C)Oc2cc(F)ccc21. The third-order valence-corrected chi connectivity index (χ3v) is 5.10. The number of ether oxygens (including phenoxy) is 1. The fraction of sp³-hybridized carbons (Fsp3) is 0.625. The average molecular weight is 313 g/mol. The van der Waals surface area contributed by atoms with Crippen LogP contribution in [0.15, 0.2) is 18.2 Å². The first-order chi connectivity index (χ1) is 9.86. The Bertz CT molecular complexity index is 491. The fourth-order valence-electron chi connectivity index (χ4n) is 2.84. The zero-order valence-corrected chi connectivity index (χ0v) is 13.8. The smallest absolute Gasteiger partial charge is 0.127 e. The highest BCUT2D eigenvalue weighted by atomic mass is 32.2. The highest BCUT2D eigenvalue weighted by molar-refractivity contribution is 7.99. The van der Waals surface area contributed by atoms with Gasteiger partial charge in [0, 0.05) is 35.4 Å². The maximum atomic E-state index is 13.4. The predicted molar refractivity (Wildman–Crippen MR) is 85.5 cm³/mol. The predicted octanol–water partition coefficient (Wildman–Crippen LogP) is 3.13. The molecule has 21 heavy (non-hydrogen) atoms. The number of halogens is 1. The molecule has 0 saturated heterocycles. The summed E-state index contributed by atoms with van der Waals surface area (Å²) in [4.78, 5) is 0. The van der Waals surface area contributed by atoms with Gasteiger partial charge in [0.2, 0.25) is 0 Å². The van der Waals surface area contributed by atoms with Crippen LogP contribution in [0.3, 0.4) is 0 Å².